The summed E-state index contributed by atoms with van der Waals surface area (Å²) in [7, 11) is 0. The van der Waals surface area contributed by atoms with Gasteiger partial charge in [0.2, 0.25) is 0 Å². The molecule has 0 radical (unpaired) electrons. The van der Waals surface area contributed by atoms with E-state index < -0.39 is 0 Å². The van der Waals surface area contributed by atoms with Gasteiger partial charge in [0.05, 0.1) is 30.7 Å². The zero-order valence-electron chi connectivity index (χ0n) is 9.28. The van der Waals surface area contributed by atoms with Gasteiger partial charge < -0.3 is 15.6 Å². The molecule has 0 aromatic carbocycles. The number of hydrogen-bond acceptors (Lipinski definition) is 5. The second-order valence-electron chi connectivity index (χ2n) is 4.20. The van der Waals surface area contributed by atoms with Gasteiger partial charge in [-0.1, -0.05) is 0 Å². The Kier molecular flexibility index (Phi) is 2.45. The Bertz CT molecular complexity index is 539. The summed E-state index contributed by atoms with van der Waals surface area (Å²) in [5, 5.41) is 9.06. The normalized spacial score (nSPS) is 24.5. The molecule has 1 aliphatic heterocycles. The molecule has 6 heteroatoms. The summed E-state index contributed by atoms with van der Waals surface area (Å²) >= 11 is 0. The van der Waals surface area contributed by atoms with Crippen molar-refractivity contribution in [3.63, 3.8) is 0 Å². The third-order valence-electron chi connectivity index (χ3n) is 3.12. The van der Waals surface area contributed by atoms with Crippen LogP contribution >= 0.6 is 0 Å². The molecule has 90 valence electrons. The zero-order valence-corrected chi connectivity index (χ0v) is 9.28. The average Bonchev–Trinajstić information content (AvgIpc) is 2.94. The van der Waals surface area contributed by atoms with E-state index in [-0.39, 0.29) is 18.8 Å². The first-order valence-corrected chi connectivity index (χ1v) is 5.63. The molecule has 3 rings (SSSR count). The van der Waals surface area contributed by atoms with Crippen molar-refractivity contribution in [2.75, 3.05) is 12.3 Å². The number of imidazole rings is 1. The van der Waals surface area contributed by atoms with Crippen molar-refractivity contribution in [3.8, 4) is 0 Å². The second-order valence-corrected chi connectivity index (χ2v) is 4.20. The van der Waals surface area contributed by atoms with E-state index >= 15 is 0 Å². The lowest BCUT2D eigenvalue weighted by atomic mass is 10.1. The molecule has 2 aromatic heterocycles. The van der Waals surface area contributed by atoms with Crippen LogP contribution in [0.15, 0.2) is 18.6 Å². The number of aliphatic hydroxyl groups excluding tert-OH is 1. The average molecular weight is 234 g/mol. The molecule has 0 saturated carbocycles. The maximum atomic E-state index is 9.06. The van der Waals surface area contributed by atoms with Crippen LogP contribution in [0, 0.1) is 0 Å². The standard InChI is InChI=1S/C11H14N4O2/c12-10-11-14-5-8(15(11)4-3-13-10)9-2-1-7(6-16)17-9/h3-5,7,9,16H,1-2,6H2,(H2,12,13)/t7-,9+/m0/s1. The number of ether oxygens (including phenoxy) is 1. The van der Waals surface area contributed by atoms with Gasteiger partial charge in [0.15, 0.2) is 11.5 Å². The first kappa shape index (κ1) is 10.5. The van der Waals surface area contributed by atoms with Crippen LogP contribution in [0.3, 0.4) is 0 Å². The molecule has 0 aliphatic carbocycles. The molecule has 1 fully saturated rings. The third-order valence-corrected chi connectivity index (χ3v) is 3.12. The van der Waals surface area contributed by atoms with Crippen LogP contribution < -0.4 is 5.73 Å². The Morgan fingerprint density at radius 2 is 2.35 bits per heavy atom. The summed E-state index contributed by atoms with van der Waals surface area (Å²) in [5.74, 6) is 0.412. The summed E-state index contributed by atoms with van der Waals surface area (Å²) in [4.78, 5) is 8.24. The van der Waals surface area contributed by atoms with Gasteiger partial charge in [-0.25, -0.2) is 9.97 Å². The number of aliphatic hydroxyl groups is 1. The van der Waals surface area contributed by atoms with E-state index in [1.807, 2.05) is 10.6 Å². The quantitative estimate of drug-likeness (QED) is 0.791. The largest absolute Gasteiger partial charge is 0.394 e. The molecule has 0 spiro atoms. The Morgan fingerprint density at radius 3 is 3.12 bits per heavy atom. The van der Waals surface area contributed by atoms with Gasteiger partial charge in [-0.05, 0) is 12.8 Å². The van der Waals surface area contributed by atoms with Crippen LogP contribution in [0.5, 0.6) is 0 Å². The lowest BCUT2D eigenvalue weighted by molar-refractivity contribution is 0.00891. The molecule has 17 heavy (non-hydrogen) atoms. The summed E-state index contributed by atoms with van der Waals surface area (Å²) in [5.41, 5.74) is 7.36. The van der Waals surface area contributed by atoms with Crippen LogP contribution in [-0.4, -0.2) is 32.2 Å². The van der Waals surface area contributed by atoms with E-state index in [4.69, 9.17) is 15.6 Å². The molecule has 0 bridgehead atoms. The van der Waals surface area contributed by atoms with Gasteiger partial charge in [0.25, 0.3) is 0 Å². The zero-order chi connectivity index (χ0) is 11.8. The van der Waals surface area contributed by atoms with E-state index in [1.165, 1.54) is 0 Å². The number of nitrogens with zero attached hydrogens (tertiary/aromatic N) is 3. The highest BCUT2D eigenvalue weighted by Crippen LogP contribution is 2.33. The number of nitrogen functional groups attached to an aromatic ring is 1. The van der Waals surface area contributed by atoms with Crippen LogP contribution in [0.1, 0.15) is 24.6 Å². The number of aromatic nitrogens is 3. The topological polar surface area (TPSA) is 85.7 Å². The van der Waals surface area contributed by atoms with Crippen LogP contribution in [0.2, 0.25) is 0 Å². The second kappa shape index (κ2) is 3.97. The fourth-order valence-corrected chi connectivity index (χ4v) is 2.25. The Morgan fingerprint density at radius 1 is 1.47 bits per heavy atom. The predicted octanol–water partition coefficient (Wildman–Crippen LogP) is 0.524. The minimum absolute atomic E-state index is 0.0241. The van der Waals surface area contributed by atoms with Crippen molar-refractivity contribution in [3.05, 3.63) is 24.3 Å². The van der Waals surface area contributed by atoms with Crippen LogP contribution in [-0.2, 0) is 4.74 Å². The Balaban J connectivity index is 1.99. The molecule has 3 N–H and O–H groups in total. The van der Waals surface area contributed by atoms with Crippen molar-refractivity contribution >= 4 is 11.5 Å². The van der Waals surface area contributed by atoms with Crippen LogP contribution in [0.25, 0.3) is 5.65 Å². The van der Waals surface area contributed by atoms with E-state index in [0.717, 1.165) is 18.5 Å². The Labute approximate surface area is 98.1 Å². The fourth-order valence-electron chi connectivity index (χ4n) is 2.25. The van der Waals surface area contributed by atoms with Gasteiger partial charge in [-0.3, -0.25) is 4.40 Å². The van der Waals surface area contributed by atoms with Gasteiger partial charge in [-0.15, -0.1) is 0 Å². The maximum Gasteiger partial charge on any atom is 0.180 e. The summed E-state index contributed by atoms with van der Waals surface area (Å²) in [6.45, 7) is 0.0664. The molecule has 3 heterocycles. The van der Waals surface area contributed by atoms with Crippen molar-refractivity contribution in [1.29, 1.82) is 0 Å². The third kappa shape index (κ3) is 1.65. The number of anilines is 1. The van der Waals surface area contributed by atoms with Gasteiger partial charge >= 0.3 is 0 Å². The molecule has 1 aliphatic rings. The van der Waals surface area contributed by atoms with Crippen molar-refractivity contribution < 1.29 is 9.84 Å². The lowest BCUT2D eigenvalue weighted by Crippen LogP contribution is -2.11. The van der Waals surface area contributed by atoms with Crippen molar-refractivity contribution in [2.45, 2.75) is 25.0 Å². The highest BCUT2D eigenvalue weighted by molar-refractivity contribution is 5.59. The summed E-state index contributed by atoms with van der Waals surface area (Å²) in [6, 6.07) is 0. The summed E-state index contributed by atoms with van der Waals surface area (Å²) in [6.07, 6.45) is 6.90. The van der Waals surface area contributed by atoms with Gasteiger partial charge in [-0.2, -0.15) is 0 Å². The lowest BCUT2D eigenvalue weighted by Gasteiger charge is -2.11. The first-order valence-electron chi connectivity index (χ1n) is 5.63. The van der Waals surface area contributed by atoms with E-state index in [1.54, 1.807) is 12.4 Å². The molecule has 1 saturated heterocycles. The highest BCUT2D eigenvalue weighted by Gasteiger charge is 2.28. The molecule has 0 unspecified atom stereocenters. The molecule has 2 aromatic rings. The van der Waals surface area contributed by atoms with E-state index in [2.05, 4.69) is 9.97 Å². The fraction of sp³-hybridized carbons (Fsp3) is 0.455. The SMILES string of the molecule is Nc1nccn2c([C@H]3CC[C@@H](CO)O3)cnc12. The molecular weight excluding hydrogens is 220 g/mol. The predicted molar refractivity (Wildman–Crippen MR) is 61.3 cm³/mol. The molecule has 2 atom stereocenters. The van der Waals surface area contributed by atoms with Crippen molar-refractivity contribution in [2.24, 2.45) is 0 Å². The van der Waals surface area contributed by atoms with Gasteiger partial charge in [0, 0.05) is 12.4 Å². The van der Waals surface area contributed by atoms with Gasteiger partial charge in [0.1, 0.15) is 0 Å². The van der Waals surface area contributed by atoms with Crippen LogP contribution in [0.4, 0.5) is 5.82 Å². The maximum absolute atomic E-state index is 9.06. The monoisotopic (exact) mass is 234 g/mol. The number of fused-ring (bicyclic) bond motifs is 1. The molecular formula is C11H14N4O2. The molecule has 6 nitrogen and oxygen atoms in total. The first-order chi connectivity index (χ1) is 8.29. The minimum Gasteiger partial charge on any atom is -0.394 e. The van der Waals surface area contributed by atoms with Crippen molar-refractivity contribution in [1.82, 2.24) is 14.4 Å². The summed E-state index contributed by atoms with van der Waals surface area (Å²) < 4.78 is 7.63. The molecule has 0 amide bonds. The van der Waals surface area contributed by atoms with E-state index in [0.29, 0.717) is 11.5 Å². The Hall–Kier alpha value is -1.66. The smallest absolute Gasteiger partial charge is 0.180 e. The van der Waals surface area contributed by atoms with E-state index in [9.17, 15) is 0 Å². The number of rotatable bonds is 2. The number of hydrogen-bond donors (Lipinski definition) is 2. The minimum atomic E-state index is -0.0651. The number of nitrogens with two attached hydrogens (primary N) is 1. The highest BCUT2D eigenvalue weighted by atomic mass is 16.5.